The summed E-state index contributed by atoms with van der Waals surface area (Å²) in [5, 5.41) is 7.74. The minimum Gasteiger partial charge on any atom is -0.383 e. The second-order valence-corrected chi connectivity index (χ2v) is 7.69. The highest BCUT2D eigenvalue weighted by Gasteiger charge is 2.35. The minimum absolute atomic E-state index is 0.141. The molecule has 1 aromatic heterocycles. The molecule has 0 saturated heterocycles. The first-order chi connectivity index (χ1) is 14.5. The Kier molecular flexibility index (Phi) is 7.67. The van der Waals surface area contributed by atoms with Gasteiger partial charge in [0, 0.05) is 32.7 Å². The van der Waals surface area contributed by atoms with Gasteiger partial charge in [-0.1, -0.05) is 24.3 Å². The Hall–Kier alpha value is -2.62. The molecule has 1 aliphatic heterocycles. The maximum Gasteiger partial charge on any atom is 0.262 e. The normalized spacial score (nSPS) is 15.9. The van der Waals surface area contributed by atoms with Crippen LogP contribution in [0.5, 0.6) is 0 Å². The van der Waals surface area contributed by atoms with Gasteiger partial charge in [-0.05, 0) is 17.5 Å². The van der Waals surface area contributed by atoms with E-state index in [1.54, 1.807) is 18.2 Å². The summed E-state index contributed by atoms with van der Waals surface area (Å²) in [5.74, 6) is -1.11. The Labute approximate surface area is 178 Å². The standard InChI is InChI=1S/C21H24FN3O4S/c1-28-10-9-24(21(27)14-29-2)13-20(26)25-18(15-6-3-4-7-16(15)22)12-17(23-25)19-8-5-11-30-19/h3-8,11,18H,9-10,12-14H2,1-2H3/t18-/m0/s1. The van der Waals surface area contributed by atoms with Gasteiger partial charge >= 0.3 is 0 Å². The average molecular weight is 434 g/mol. The predicted molar refractivity (Wildman–Crippen MR) is 112 cm³/mol. The number of hydrazone groups is 1. The van der Waals surface area contributed by atoms with Crippen LogP contribution in [0.15, 0.2) is 46.9 Å². The van der Waals surface area contributed by atoms with E-state index in [4.69, 9.17) is 9.47 Å². The van der Waals surface area contributed by atoms with E-state index < -0.39 is 17.8 Å². The highest BCUT2D eigenvalue weighted by molar-refractivity contribution is 7.12. The lowest BCUT2D eigenvalue weighted by molar-refractivity contribution is -0.144. The van der Waals surface area contributed by atoms with Gasteiger partial charge < -0.3 is 14.4 Å². The van der Waals surface area contributed by atoms with Crippen LogP contribution < -0.4 is 0 Å². The molecule has 3 rings (SSSR count). The number of rotatable bonds is 9. The van der Waals surface area contributed by atoms with Crippen molar-refractivity contribution in [2.24, 2.45) is 5.10 Å². The van der Waals surface area contributed by atoms with Crippen molar-refractivity contribution in [1.82, 2.24) is 9.91 Å². The van der Waals surface area contributed by atoms with E-state index in [1.807, 2.05) is 17.5 Å². The summed E-state index contributed by atoms with van der Waals surface area (Å²) in [4.78, 5) is 27.8. The van der Waals surface area contributed by atoms with Gasteiger partial charge in [0.1, 0.15) is 19.0 Å². The number of halogens is 1. The number of hydrogen-bond acceptors (Lipinski definition) is 6. The third kappa shape index (κ3) is 5.10. The Bertz CT molecular complexity index is 903. The molecule has 1 aromatic carbocycles. The van der Waals surface area contributed by atoms with Crippen LogP contribution in [0.25, 0.3) is 0 Å². The van der Waals surface area contributed by atoms with Crippen molar-refractivity contribution in [3.05, 3.63) is 58.0 Å². The molecule has 0 aliphatic carbocycles. The van der Waals surface area contributed by atoms with Crippen LogP contribution in [0, 0.1) is 5.82 Å². The number of benzene rings is 1. The van der Waals surface area contributed by atoms with E-state index in [0.29, 0.717) is 12.0 Å². The van der Waals surface area contributed by atoms with Crippen molar-refractivity contribution in [3.63, 3.8) is 0 Å². The van der Waals surface area contributed by atoms with E-state index in [-0.39, 0.29) is 32.2 Å². The van der Waals surface area contributed by atoms with E-state index in [1.165, 1.54) is 41.5 Å². The number of carbonyl (C=O) groups is 2. The molecule has 2 amide bonds. The number of thiophene rings is 1. The summed E-state index contributed by atoms with van der Waals surface area (Å²) in [6.07, 6.45) is 0.400. The van der Waals surface area contributed by atoms with Crippen LogP contribution in [0.4, 0.5) is 4.39 Å². The first kappa shape index (κ1) is 22.1. The van der Waals surface area contributed by atoms with Crippen molar-refractivity contribution < 1.29 is 23.5 Å². The average Bonchev–Trinajstić information content (AvgIpc) is 3.41. The summed E-state index contributed by atoms with van der Waals surface area (Å²) in [6, 6.07) is 9.62. The van der Waals surface area contributed by atoms with Gasteiger partial charge in [-0.15, -0.1) is 11.3 Å². The molecule has 9 heteroatoms. The molecule has 160 valence electrons. The molecule has 1 atom stereocenters. The van der Waals surface area contributed by atoms with E-state index in [2.05, 4.69) is 5.10 Å². The van der Waals surface area contributed by atoms with E-state index >= 15 is 0 Å². The lowest BCUT2D eigenvalue weighted by atomic mass is 10.0. The first-order valence-corrected chi connectivity index (χ1v) is 10.4. The second kappa shape index (κ2) is 10.4. The van der Waals surface area contributed by atoms with Crippen LogP contribution in [-0.2, 0) is 19.1 Å². The van der Waals surface area contributed by atoms with Gasteiger partial charge in [0.2, 0.25) is 5.91 Å². The van der Waals surface area contributed by atoms with Crippen molar-refractivity contribution >= 4 is 28.9 Å². The van der Waals surface area contributed by atoms with E-state index in [0.717, 1.165) is 10.6 Å². The third-order valence-corrected chi connectivity index (χ3v) is 5.67. The molecular formula is C21H24FN3O4S. The van der Waals surface area contributed by atoms with Gasteiger partial charge in [0.15, 0.2) is 0 Å². The molecule has 0 N–H and O–H groups in total. The molecule has 2 heterocycles. The van der Waals surface area contributed by atoms with Crippen molar-refractivity contribution in [2.45, 2.75) is 12.5 Å². The zero-order chi connectivity index (χ0) is 21.5. The van der Waals surface area contributed by atoms with Crippen LogP contribution in [0.2, 0.25) is 0 Å². The number of amides is 2. The maximum absolute atomic E-state index is 14.5. The lowest BCUT2D eigenvalue weighted by Gasteiger charge is -2.27. The molecule has 0 bridgehead atoms. The molecule has 0 fully saturated rings. The third-order valence-electron chi connectivity index (χ3n) is 4.75. The highest BCUT2D eigenvalue weighted by Crippen LogP contribution is 2.35. The van der Waals surface area contributed by atoms with Crippen molar-refractivity contribution in [2.75, 3.05) is 40.5 Å². The van der Waals surface area contributed by atoms with E-state index in [9.17, 15) is 14.0 Å². The molecular weight excluding hydrogens is 409 g/mol. The highest BCUT2D eigenvalue weighted by atomic mass is 32.1. The first-order valence-electron chi connectivity index (χ1n) is 9.48. The number of nitrogens with zero attached hydrogens (tertiary/aromatic N) is 3. The van der Waals surface area contributed by atoms with Gasteiger partial charge in [-0.2, -0.15) is 5.10 Å². The zero-order valence-corrected chi connectivity index (χ0v) is 17.7. The molecule has 0 spiro atoms. The summed E-state index contributed by atoms with van der Waals surface area (Å²) in [7, 11) is 2.94. The summed E-state index contributed by atoms with van der Waals surface area (Å²) in [5.41, 5.74) is 1.12. The summed E-state index contributed by atoms with van der Waals surface area (Å²) >= 11 is 1.51. The Morgan fingerprint density at radius 3 is 2.70 bits per heavy atom. The van der Waals surface area contributed by atoms with Crippen LogP contribution >= 0.6 is 11.3 Å². The summed E-state index contributed by atoms with van der Waals surface area (Å²) in [6.45, 7) is 0.183. The van der Waals surface area contributed by atoms with Crippen molar-refractivity contribution in [3.8, 4) is 0 Å². The van der Waals surface area contributed by atoms with Crippen LogP contribution in [0.3, 0.4) is 0 Å². The monoisotopic (exact) mass is 433 g/mol. The van der Waals surface area contributed by atoms with Crippen molar-refractivity contribution in [1.29, 1.82) is 0 Å². The van der Waals surface area contributed by atoms with Gasteiger partial charge in [-0.25, -0.2) is 9.40 Å². The maximum atomic E-state index is 14.5. The SMILES string of the molecule is COCCN(CC(=O)N1N=C(c2cccs2)C[C@H]1c1ccccc1F)C(=O)COC. The predicted octanol–water partition coefficient (Wildman–Crippen LogP) is 2.69. The number of carbonyl (C=O) groups excluding carboxylic acids is 2. The number of methoxy groups -OCH3 is 2. The lowest BCUT2D eigenvalue weighted by Crippen LogP contribution is -2.44. The largest absolute Gasteiger partial charge is 0.383 e. The Balaban J connectivity index is 1.86. The molecule has 2 aromatic rings. The minimum atomic E-state index is -0.572. The molecule has 7 nitrogen and oxygen atoms in total. The molecule has 1 aliphatic rings. The van der Waals surface area contributed by atoms with Gasteiger partial charge in [0.05, 0.1) is 23.2 Å². The fraction of sp³-hybridized carbons (Fsp3) is 0.381. The Morgan fingerprint density at radius 2 is 2.03 bits per heavy atom. The zero-order valence-electron chi connectivity index (χ0n) is 16.9. The quantitative estimate of drug-likeness (QED) is 0.610. The Morgan fingerprint density at radius 1 is 1.23 bits per heavy atom. The molecule has 0 radical (unpaired) electrons. The van der Waals surface area contributed by atoms with Gasteiger partial charge in [-0.3, -0.25) is 9.59 Å². The fourth-order valence-electron chi connectivity index (χ4n) is 3.26. The van der Waals surface area contributed by atoms with Gasteiger partial charge in [0.25, 0.3) is 5.91 Å². The molecule has 30 heavy (non-hydrogen) atoms. The fourth-order valence-corrected chi connectivity index (χ4v) is 3.98. The topological polar surface area (TPSA) is 71.4 Å². The van der Waals surface area contributed by atoms with Crippen LogP contribution in [0.1, 0.15) is 22.9 Å². The number of ether oxygens (including phenoxy) is 2. The smallest absolute Gasteiger partial charge is 0.262 e. The molecule has 0 saturated carbocycles. The van der Waals surface area contributed by atoms with Crippen LogP contribution in [-0.4, -0.2) is 68.0 Å². The molecule has 0 unspecified atom stereocenters. The second-order valence-electron chi connectivity index (χ2n) is 6.74. The number of hydrogen-bond donors (Lipinski definition) is 0. The summed E-state index contributed by atoms with van der Waals surface area (Å²) < 4.78 is 24.5.